The minimum Gasteiger partial charge on any atom is -0.355 e. The first-order valence-corrected chi connectivity index (χ1v) is 7.75. The molecule has 3 N–H and O–H groups in total. The number of hydrogen-bond acceptors (Lipinski definition) is 6. The molecule has 2 rings (SSSR count). The van der Waals surface area contributed by atoms with Crippen molar-refractivity contribution in [3.63, 3.8) is 0 Å². The lowest BCUT2D eigenvalue weighted by molar-refractivity contribution is 0.408. The molecule has 0 radical (unpaired) electrons. The molecular formula is C15H28N6. The molecule has 0 unspecified atom stereocenters. The molecular weight excluding hydrogens is 264 g/mol. The average Bonchev–Trinajstić information content (AvgIpc) is 3.26. The highest BCUT2D eigenvalue weighted by Crippen LogP contribution is 2.39. The monoisotopic (exact) mass is 292 g/mol. The summed E-state index contributed by atoms with van der Waals surface area (Å²) in [4.78, 5) is 13.8. The summed E-state index contributed by atoms with van der Waals surface area (Å²) >= 11 is 0. The van der Waals surface area contributed by atoms with Crippen LogP contribution >= 0.6 is 0 Å². The van der Waals surface area contributed by atoms with Crippen LogP contribution in [0.4, 0.5) is 11.6 Å². The van der Waals surface area contributed by atoms with E-state index in [1.165, 1.54) is 12.8 Å². The second-order valence-corrected chi connectivity index (χ2v) is 6.53. The molecule has 0 aliphatic heterocycles. The van der Waals surface area contributed by atoms with Crippen molar-refractivity contribution in [2.75, 3.05) is 44.1 Å². The predicted octanol–water partition coefficient (Wildman–Crippen LogP) is 1.66. The van der Waals surface area contributed by atoms with Crippen LogP contribution in [0.2, 0.25) is 0 Å². The molecule has 1 saturated carbocycles. The van der Waals surface area contributed by atoms with E-state index < -0.39 is 0 Å². The number of nitrogens with one attached hydrogen (secondary N) is 1. The maximum atomic E-state index is 5.56. The van der Waals surface area contributed by atoms with E-state index in [4.69, 9.17) is 10.8 Å². The summed E-state index contributed by atoms with van der Waals surface area (Å²) in [6, 6.07) is 1.95. The first-order chi connectivity index (χ1) is 9.99. The van der Waals surface area contributed by atoms with Crippen LogP contribution in [-0.4, -0.2) is 48.6 Å². The Balaban J connectivity index is 2.21. The Labute approximate surface area is 127 Å². The van der Waals surface area contributed by atoms with Gasteiger partial charge in [-0.2, -0.15) is 0 Å². The Morgan fingerprint density at radius 1 is 1.29 bits per heavy atom. The van der Waals surface area contributed by atoms with Crippen LogP contribution in [0.5, 0.6) is 0 Å². The Bertz CT molecular complexity index is 455. The molecule has 1 fully saturated rings. The zero-order valence-electron chi connectivity index (χ0n) is 13.6. The molecule has 0 spiro atoms. The van der Waals surface area contributed by atoms with Crippen molar-refractivity contribution in [3.05, 3.63) is 11.9 Å². The lowest BCUT2D eigenvalue weighted by atomic mass is 10.2. The maximum absolute atomic E-state index is 5.56. The van der Waals surface area contributed by atoms with Crippen LogP contribution < -0.4 is 16.2 Å². The third kappa shape index (κ3) is 4.82. The highest BCUT2D eigenvalue weighted by Gasteiger charge is 2.28. The SMILES string of the molecule is CC(C)CN(CCN(C)C)c1cc(NN)nc(C2CC2)n1. The van der Waals surface area contributed by atoms with Gasteiger partial charge in [0.05, 0.1) is 0 Å². The van der Waals surface area contributed by atoms with Crippen molar-refractivity contribution < 1.29 is 0 Å². The van der Waals surface area contributed by atoms with Crippen LogP contribution in [0.3, 0.4) is 0 Å². The number of hydrazine groups is 1. The van der Waals surface area contributed by atoms with Crippen LogP contribution in [0.1, 0.15) is 38.4 Å². The van der Waals surface area contributed by atoms with Gasteiger partial charge in [0.25, 0.3) is 0 Å². The zero-order valence-corrected chi connectivity index (χ0v) is 13.6. The summed E-state index contributed by atoms with van der Waals surface area (Å²) in [6.07, 6.45) is 2.38. The second-order valence-electron chi connectivity index (χ2n) is 6.53. The molecule has 6 heteroatoms. The quantitative estimate of drug-likeness (QED) is 0.561. The predicted molar refractivity (Wildman–Crippen MR) is 87.4 cm³/mol. The van der Waals surface area contributed by atoms with Gasteiger partial charge < -0.3 is 15.2 Å². The van der Waals surface area contributed by atoms with Crippen molar-refractivity contribution in [2.24, 2.45) is 11.8 Å². The molecule has 0 amide bonds. The topological polar surface area (TPSA) is 70.3 Å². The van der Waals surface area contributed by atoms with E-state index in [0.717, 1.165) is 31.3 Å². The Morgan fingerprint density at radius 3 is 2.52 bits per heavy atom. The van der Waals surface area contributed by atoms with Gasteiger partial charge in [-0.1, -0.05) is 13.8 Å². The van der Waals surface area contributed by atoms with Gasteiger partial charge in [-0.3, -0.25) is 0 Å². The summed E-state index contributed by atoms with van der Waals surface area (Å²) in [5, 5.41) is 0. The van der Waals surface area contributed by atoms with E-state index >= 15 is 0 Å². The van der Waals surface area contributed by atoms with Crippen molar-refractivity contribution in [1.82, 2.24) is 14.9 Å². The Hall–Kier alpha value is -1.40. The summed E-state index contributed by atoms with van der Waals surface area (Å²) in [6.45, 7) is 7.40. The average molecular weight is 292 g/mol. The third-order valence-corrected chi connectivity index (χ3v) is 3.55. The van der Waals surface area contributed by atoms with E-state index in [2.05, 4.69) is 48.2 Å². The van der Waals surface area contributed by atoms with Crippen LogP contribution in [0.15, 0.2) is 6.07 Å². The van der Waals surface area contributed by atoms with Crippen molar-refractivity contribution >= 4 is 11.6 Å². The van der Waals surface area contributed by atoms with Gasteiger partial charge in [0.2, 0.25) is 0 Å². The number of nitrogens with two attached hydrogens (primary N) is 1. The smallest absolute Gasteiger partial charge is 0.145 e. The fourth-order valence-corrected chi connectivity index (χ4v) is 2.27. The molecule has 1 heterocycles. The molecule has 21 heavy (non-hydrogen) atoms. The zero-order chi connectivity index (χ0) is 15.4. The van der Waals surface area contributed by atoms with Gasteiger partial charge in [0.1, 0.15) is 17.5 Å². The summed E-state index contributed by atoms with van der Waals surface area (Å²) in [7, 11) is 4.19. The summed E-state index contributed by atoms with van der Waals surface area (Å²) < 4.78 is 0. The van der Waals surface area contributed by atoms with E-state index in [1.807, 2.05) is 6.07 Å². The molecule has 1 aromatic heterocycles. The molecule has 1 aromatic rings. The van der Waals surface area contributed by atoms with Crippen molar-refractivity contribution in [2.45, 2.75) is 32.6 Å². The molecule has 6 nitrogen and oxygen atoms in total. The fraction of sp³-hybridized carbons (Fsp3) is 0.733. The van der Waals surface area contributed by atoms with Gasteiger partial charge >= 0.3 is 0 Å². The van der Waals surface area contributed by atoms with E-state index in [1.54, 1.807) is 0 Å². The number of nitrogen functional groups attached to an aromatic ring is 1. The molecule has 0 saturated heterocycles. The van der Waals surface area contributed by atoms with Crippen LogP contribution in [0.25, 0.3) is 0 Å². The van der Waals surface area contributed by atoms with Gasteiger partial charge in [-0.25, -0.2) is 15.8 Å². The Morgan fingerprint density at radius 2 is 2.00 bits per heavy atom. The van der Waals surface area contributed by atoms with E-state index in [-0.39, 0.29) is 0 Å². The number of anilines is 2. The molecule has 0 aromatic carbocycles. The van der Waals surface area contributed by atoms with E-state index in [0.29, 0.717) is 17.7 Å². The second kappa shape index (κ2) is 7.04. The Kier molecular flexibility index (Phi) is 5.36. The maximum Gasteiger partial charge on any atom is 0.145 e. The highest BCUT2D eigenvalue weighted by atomic mass is 15.3. The summed E-state index contributed by atoms with van der Waals surface area (Å²) in [5.74, 6) is 9.29. The van der Waals surface area contributed by atoms with Gasteiger partial charge in [-0.15, -0.1) is 0 Å². The number of likely N-dealkylation sites (N-methyl/N-ethyl adjacent to an activating group) is 1. The minimum absolute atomic E-state index is 0.520. The van der Waals surface area contributed by atoms with Gasteiger partial charge in [0.15, 0.2) is 0 Å². The molecule has 1 aliphatic rings. The van der Waals surface area contributed by atoms with Crippen molar-refractivity contribution in [1.29, 1.82) is 0 Å². The lowest BCUT2D eigenvalue weighted by Crippen LogP contribution is -2.35. The normalized spacial score (nSPS) is 14.8. The van der Waals surface area contributed by atoms with Crippen molar-refractivity contribution in [3.8, 4) is 0 Å². The molecule has 0 atom stereocenters. The summed E-state index contributed by atoms with van der Waals surface area (Å²) in [5.41, 5.74) is 2.68. The first kappa shape index (κ1) is 16.0. The first-order valence-electron chi connectivity index (χ1n) is 7.75. The standard InChI is InChI=1S/C15H28N6/c1-11(2)10-21(8-7-20(3)4)14-9-13(19-16)17-15(18-14)12-5-6-12/h9,11-12H,5-8,10,16H2,1-4H3,(H,17,18,19). The number of nitrogens with zero attached hydrogens (tertiary/aromatic N) is 4. The third-order valence-electron chi connectivity index (χ3n) is 3.55. The number of rotatable bonds is 8. The van der Waals surface area contributed by atoms with E-state index in [9.17, 15) is 0 Å². The molecule has 0 bridgehead atoms. The van der Waals surface area contributed by atoms with Gasteiger partial charge in [0, 0.05) is 31.6 Å². The van der Waals surface area contributed by atoms with Crippen LogP contribution in [0, 0.1) is 5.92 Å². The molecule has 118 valence electrons. The molecule has 1 aliphatic carbocycles. The number of aromatic nitrogens is 2. The fourth-order valence-electron chi connectivity index (χ4n) is 2.27. The highest BCUT2D eigenvalue weighted by molar-refractivity contribution is 5.49. The van der Waals surface area contributed by atoms with Gasteiger partial charge in [-0.05, 0) is 32.9 Å². The largest absolute Gasteiger partial charge is 0.355 e. The van der Waals surface area contributed by atoms with Crippen LogP contribution in [-0.2, 0) is 0 Å². The minimum atomic E-state index is 0.520. The number of hydrogen-bond donors (Lipinski definition) is 2. The lowest BCUT2D eigenvalue weighted by Gasteiger charge is -2.27.